The van der Waals surface area contributed by atoms with Gasteiger partial charge in [0.15, 0.2) is 0 Å². The first-order chi connectivity index (χ1) is 8.27. The van der Waals surface area contributed by atoms with Crippen molar-refractivity contribution in [2.75, 3.05) is 19.7 Å². The van der Waals surface area contributed by atoms with E-state index in [2.05, 4.69) is 37.4 Å². The Hall–Kier alpha value is -1.02. The highest BCUT2D eigenvalue weighted by Gasteiger charge is 2.07. The predicted molar refractivity (Wildman–Crippen MR) is 73.6 cm³/mol. The Kier molecular flexibility index (Phi) is 6.71. The van der Waals surface area contributed by atoms with Crippen molar-refractivity contribution in [1.82, 2.24) is 5.32 Å². The maximum atomic E-state index is 5.64. The van der Waals surface area contributed by atoms with Crippen molar-refractivity contribution in [1.29, 1.82) is 0 Å². The number of nitrogens with one attached hydrogen (secondary N) is 1. The lowest BCUT2D eigenvalue weighted by molar-refractivity contribution is 0.334. The molecule has 0 aliphatic carbocycles. The average molecular weight is 235 g/mol. The minimum Gasteiger partial charge on any atom is -0.494 e. The summed E-state index contributed by atoms with van der Waals surface area (Å²) < 4.78 is 5.64. The fourth-order valence-corrected chi connectivity index (χ4v) is 1.94. The molecule has 1 N–H and O–H groups in total. The van der Waals surface area contributed by atoms with Gasteiger partial charge in [-0.3, -0.25) is 0 Å². The number of hydrogen-bond donors (Lipinski definition) is 1. The van der Waals surface area contributed by atoms with Gasteiger partial charge in [0.2, 0.25) is 0 Å². The van der Waals surface area contributed by atoms with Crippen LogP contribution in [0.1, 0.15) is 32.8 Å². The van der Waals surface area contributed by atoms with Crippen LogP contribution in [-0.2, 0) is 6.42 Å². The number of ether oxygens (including phenoxy) is 1. The van der Waals surface area contributed by atoms with Crippen LogP contribution in [0.5, 0.6) is 5.75 Å². The highest BCUT2D eigenvalue weighted by Crippen LogP contribution is 2.21. The molecular weight excluding hydrogens is 210 g/mol. The third kappa shape index (κ3) is 5.22. The Morgan fingerprint density at radius 2 is 2.00 bits per heavy atom. The van der Waals surface area contributed by atoms with E-state index >= 15 is 0 Å². The lowest BCUT2D eigenvalue weighted by Gasteiger charge is -2.15. The van der Waals surface area contributed by atoms with Crippen LogP contribution >= 0.6 is 0 Å². The normalized spacial score (nSPS) is 12.4. The lowest BCUT2D eigenvalue weighted by Crippen LogP contribution is -2.23. The highest BCUT2D eigenvalue weighted by molar-refractivity contribution is 5.33. The van der Waals surface area contributed by atoms with Crippen LogP contribution < -0.4 is 10.1 Å². The van der Waals surface area contributed by atoms with Gasteiger partial charge in [0.1, 0.15) is 5.75 Å². The van der Waals surface area contributed by atoms with Crippen LogP contribution in [0.2, 0.25) is 0 Å². The summed E-state index contributed by atoms with van der Waals surface area (Å²) in [4.78, 5) is 0. The van der Waals surface area contributed by atoms with Crippen LogP contribution in [0.4, 0.5) is 0 Å². The molecule has 1 aromatic carbocycles. The van der Waals surface area contributed by atoms with E-state index in [1.807, 2.05) is 13.0 Å². The zero-order valence-electron chi connectivity index (χ0n) is 11.3. The molecule has 0 aromatic heterocycles. The summed E-state index contributed by atoms with van der Waals surface area (Å²) in [6.45, 7) is 9.43. The van der Waals surface area contributed by atoms with Crippen molar-refractivity contribution in [3.8, 4) is 5.75 Å². The maximum Gasteiger partial charge on any atom is 0.122 e. The molecule has 0 aliphatic rings. The Bertz CT molecular complexity index is 312. The molecule has 0 aliphatic heterocycles. The van der Waals surface area contributed by atoms with Gasteiger partial charge in [-0.25, -0.2) is 0 Å². The molecule has 0 fully saturated rings. The van der Waals surface area contributed by atoms with Crippen molar-refractivity contribution >= 4 is 0 Å². The van der Waals surface area contributed by atoms with E-state index in [9.17, 15) is 0 Å². The summed E-state index contributed by atoms with van der Waals surface area (Å²) in [5, 5.41) is 3.47. The smallest absolute Gasteiger partial charge is 0.122 e. The van der Waals surface area contributed by atoms with Crippen molar-refractivity contribution in [2.45, 2.75) is 33.6 Å². The summed E-state index contributed by atoms with van der Waals surface area (Å²) in [7, 11) is 0. The van der Waals surface area contributed by atoms with E-state index in [1.165, 1.54) is 12.0 Å². The Labute approximate surface area is 105 Å². The molecule has 0 heterocycles. The molecule has 2 nitrogen and oxygen atoms in total. The predicted octanol–water partition coefficient (Wildman–Crippen LogP) is 3.26. The summed E-state index contributed by atoms with van der Waals surface area (Å²) in [5.41, 5.74) is 1.32. The second-order valence-corrected chi connectivity index (χ2v) is 4.55. The lowest BCUT2D eigenvalue weighted by atomic mass is 10.0. The van der Waals surface area contributed by atoms with Crippen molar-refractivity contribution in [3.05, 3.63) is 29.8 Å². The van der Waals surface area contributed by atoms with Crippen molar-refractivity contribution in [2.24, 2.45) is 5.92 Å². The van der Waals surface area contributed by atoms with E-state index in [0.29, 0.717) is 5.92 Å². The quantitative estimate of drug-likeness (QED) is 0.698. The van der Waals surface area contributed by atoms with Gasteiger partial charge < -0.3 is 10.1 Å². The highest BCUT2D eigenvalue weighted by atomic mass is 16.5. The molecule has 1 aromatic rings. The van der Waals surface area contributed by atoms with Gasteiger partial charge >= 0.3 is 0 Å². The first kappa shape index (κ1) is 14.0. The van der Waals surface area contributed by atoms with Crippen LogP contribution in [0.25, 0.3) is 0 Å². The minimum atomic E-state index is 0.642. The van der Waals surface area contributed by atoms with Gasteiger partial charge in [0, 0.05) is 0 Å². The fourth-order valence-electron chi connectivity index (χ4n) is 1.94. The molecule has 0 bridgehead atoms. The number of rotatable bonds is 8. The zero-order chi connectivity index (χ0) is 12.5. The molecular formula is C15H25NO. The molecule has 0 radical (unpaired) electrons. The van der Waals surface area contributed by atoms with Crippen LogP contribution in [0.3, 0.4) is 0 Å². The summed E-state index contributed by atoms with van der Waals surface area (Å²) >= 11 is 0. The van der Waals surface area contributed by atoms with Gasteiger partial charge in [0.25, 0.3) is 0 Å². The second kappa shape index (κ2) is 8.13. The molecule has 1 rings (SSSR count). The Morgan fingerprint density at radius 1 is 1.24 bits per heavy atom. The Balaban J connectivity index is 2.48. The van der Waals surface area contributed by atoms with E-state index in [-0.39, 0.29) is 0 Å². The maximum absolute atomic E-state index is 5.64. The van der Waals surface area contributed by atoms with Gasteiger partial charge in [-0.15, -0.1) is 0 Å². The summed E-state index contributed by atoms with van der Waals surface area (Å²) in [6.07, 6.45) is 2.27. The topological polar surface area (TPSA) is 21.3 Å². The summed E-state index contributed by atoms with van der Waals surface area (Å²) in [6, 6.07) is 8.35. The molecule has 0 spiro atoms. The number of para-hydroxylation sites is 1. The molecule has 1 unspecified atom stereocenters. The van der Waals surface area contributed by atoms with E-state index in [1.54, 1.807) is 0 Å². The first-order valence-corrected chi connectivity index (χ1v) is 6.69. The third-order valence-corrected chi connectivity index (χ3v) is 2.76. The number of hydrogen-bond acceptors (Lipinski definition) is 2. The molecule has 0 amide bonds. The van der Waals surface area contributed by atoms with Crippen LogP contribution in [0, 0.1) is 5.92 Å². The molecule has 0 saturated heterocycles. The largest absolute Gasteiger partial charge is 0.494 e. The molecule has 1 atom stereocenters. The Morgan fingerprint density at radius 3 is 2.71 bits per heavy atom. The van der Waals surface area contributed by atoms with Crippen molar-refractivity contribution < 1.29 is 4.74 Å². The fraction of sp³-hybridized carbons (Fsp3) is 0.600. The van der Waals surface area contributed by atoms with E-state index in [0.717, 1.165) is 31.9 Å². The third-order valence-electron chi connectivity index (χ3n) is 2.76. The molecule has 2 heteroatoms. The second-order valence-electron chi connectivity index (χ2n) is 4.55. The first-order valence-electron chi connectivity index (χ1n) is 6.69. The van der Waals surface area contributed by atoms with Crippen LogP contribution in [0.15, 0.2) is 24.3 Å². The standard InChI is InChI=1S/C15H25NO/c1-4-10-16-12-13(3)11-14-8-6-7-9-15(14)17-5-2/h6-9,13,16H,4-5,10-12H2,1-3H3. The number of benzene rings is 1. The van der Waals surface area contributed by atoms with Crippen molar-refractivity contribution in [3.63, 3.8) is 0 Å². The minimum absolute atomic E-state index is 0.642. The van der Waals surface area contributed by atoms with Gasteiger partial charge in [-0.05, 0) is 50.4 Å². The molecule has 0 saturated carbocycles. The zero-order valence-corrected chi connectivity index (χ0v) is 11.3. The molecule has 17 heavy (non-hydrogen) atoms. The van der Waals surface area contributed by atoms with Gasteiger partial charge in [-0.2, -0.15) is 0 Å². The average Bonchev–Trinajstić information content (AvgIpc) is 2.32. The van der Waals surface area contributed by atoms with E-state index < -0.39 is 0 Å². The summed E-state index contributed by atoms with van der Waals surface area (Å²) in [5.74, 6) is 1.68. The van der Waals surface area contributed by atoms with Gasteiger partial charge in [0.05, 0.1) is 6.61 Å². The monoisotopic (exact) mass is 235 g/mol. The van der Waals surface area contributed by atoms with E-state index in [4.69, 9.17) is 4.74 Å². The van der Waals surface area contributed by atoms with Gasteiger partial charge in [-0.1, -0.05) is 32.0 Å². The van der Waals surface area contributed by atoms with Crippen LogP contribution in [-0.4, -0.2) is 19.7 Å². The molecule has 96 valence electrons. The SMILES string of the molecule is CCCNCC(C)Cc1ccccc1OCC.